The molecule has 0 radical (unpaired) electrons. The number of amides is 3. The second-order valence-electron chi connectivity index (χ2n) is 10.5. The first kappa shape index (κ1) is 26.4. The summed E-state index contributed by atoms with van der Waals surface area (Å²) in [5.74, 6) is -3.89. The van der Waals surface area contributed by atoms with E-state index in [2.05, 4.69) is 5.32 Å². The average molecular weight is 597 g/mol. The summed E-state index contributed by atoms with van der Waals surface area (Å²) in [6.07, 6.45) is 0. The van der Waals surface area contributed by atoms with Crippen molar-refractivity contribution in [2.45, 2.75) is 11.8 Å². The van der Waals surface area contributed by atoms with Crippen molar-refractivity contribution in [3.8, 4) is 0 Å². The minimum Gasteiger partial charge on any atom is -0.452 e. The third-order valence-electron chi connectivity index (χ3n) is 8.37. The molecule has 1 fully saturated rings. The molecule has 1 saturated heterocycles. The summed E-state index contributed by atoms with van der Waals surface area (Å²) in [5.41, 5.74) is 4.66. The molecule has 208 valence electrons. The third-order valence-corrected chi connectivity index (χ3v) is 9.19. The van der Waals surface area contributed by atoms with Crippen LogP contribution >= 0.6 is 23.2 Å². The van der Waals surface area contributed by atoms with Gasteiger partial charge in [0.2, 0.25) is 11.8 Å². The van der Waals surface area contributed by atoms with E-state index in [1.807, 2.05) is 48.5 Å². The number of carbonyl (C=O) groups is 4. The lowest BCUT2D eigenvalue weighted by Gasteiger charge is -2.45. The van der Waals surface area contributed by atoms with Crippen LogP contribution in [0.1, 0.15) is 44.4 Å². The van der Waals surface area contributed by atoms with Crippen molar-refractivity contribution < 1.29 is 23.9 Å². The molecule has 42 heavy (non-hydrogen) atoms. The van der Waals surface area contributed by atoms with E-state index in [1.165, 1.54) is 6.07 Å². The van der Waals surface area contributed by atoms with E-state index in [4.69, 9.17) is 27.9 Å². The predicted octanol–water partition coefficient (Wildman–Crippen LogP) is 6.19. The number of anilines is 2. The molecule has 2 bridgehead atoms. The number of nitrogens with zero attached hydrogens (tertiary/aromatic N) is 1. The standard InChI is InChI=1S/C33H22Cl2N2O5/c34-22-13-7-14-23(30(22)35)36-25(38)16-42-33(41)21-12-5-6-15-24(21)37-31(39)28-26-17-8-1-2-9-18(17)27(29(28)32(37)40)20-11-4-3-10-19(20)26/h1-15,26-29H,16H2,(H,36,38)/t26?,27?,28-,29+. The molecule has 1 heterocycles. The fraction of sp³-hybridized carbons (Fsp3) is 0.152. The quantitative estimate of drug-likeness (QED) is 0.219. The normalized spacial score (nSPS) is 21.4. The molecule has 2 atom stereocenters. The van der Waals surface area contributed by atoms with Gasteiger partial charge in [-0.1, -0.05) is 89.9 Å². The zero-order valence-corrected chi connectivity index (χ0v) is 23.4. The number of esters is 1. The first-order valence-electron chi connectivity index (χ1n) is 13.4. The smallest absolute Gasteiger partial charge is 0.340 e. The summed E-state index contributed by atoms with van der Waals surface area (Å²) in [5, 5.41) is 2.98. The second kappa shape index (κ2) is 10.1. The lowest BCUT2D eigenvalue weighted by molar-refractivity contribution is -0.122. The molecule has 1 N–H and O–H groups in total. The maximum Gasteiger partial charge on any atom is 0.340 e. The van der Waals surface area contributed by atoms with Crippen molar-refractivity contribution in [3.63, 3.8) is 0 Å². The van der Waals surface area contributed by atoms with Gasteiger partial charge in [-0.15, -0.1) is 0 Å². The fourth-order valence-electron chi connectivity index (χ4n) is 6.75. The highest BCUT2D eigenvalue weighted by Gasteiger charge is 2.62. The average Bonchev–Trinajstić information content (AvgIpc) is 3.28. The van der Waals surface area contributed by atoms with E-state index in [1.54, 1.807) is 36.4 Å². The monoisotopic (exact) mass is 596 g/mol. The Balaban J connectivity index is 1.17. The number of ether oxygens (including phenoxy) is 1. The summed E-state index contributed by atoms with van der Waals surface area (Å²) >= 11 is 12.1. The number of imide groups is 1. The number of nitrogens with one attached hydrogen (secondary N) is 1. The molecule has 4 aliphatic rings. The van der Waals surface area contributed by atoms with Gasteiger partial charge >= 0.3 is 5.97 Å². The van der Waals surface area contributed by atoms with Gasteiger partial charge in [0.05, 0.1) is 38.8 Å². The van der Waals surface area contributed by atoms with E-state index >= 15 is 0 Å². The molecule has 4 aromatic carbocycles. The minimum atomic E-state index is -0.844. The topological polar surface area (TPSA) is 92.8 Å². The zero-order valence-electron chi connectivity index (χ0n) is 21.9. The van der Waals surface area contributed by atoms with Crippen LogP contribution in [-0.2, 0) is 19.1 Å². The van der Waals surface area contributed by atoms with E-state index in [-0.39, 0.29) is 50.6 Å². The number of rotatable bonds is 5. The molecule has 8 rings (SSSR count). The summed E-state index contributed by atoms with van der Waals surface area (Å²) < 4.78 is 5.30. The van der Waals surface area contributed by atoms with Gasteiger partial charge in [0.15, 0.2) is 6.61 Å². The van der Waals surface area contributed by atoms with Crippen molar-refractivity contribution in [2.24, 2.45) is 11.8 Å². The lowest BCUT2D eigenvalue weighted by Crippen LogP contribution is -2.41. The zero-order chi connectivity index (χ0) is 29.1. The first-order valence-corrected chi connectivity index (χ1v) is 14.2. The van der Waals surface area contributed by atoms with Crippen molar-refractivity contribution >= 4 is 58.3 Å². The largest absolute Gasteiger partial charge is 0.452 e. The number of para-hydroxylation sites is 1. The Labute approximate surface area is 251 Å². The molecule has 0 unspecified atom stereocenters. The van der Waals surface area contributed by atoms with E-state index in [0.717, 1.165) is 27.2 Å². The maximum absolute atomic E-state index is 14.1. The van der Waals surface area contributed by atoms with E-state index in [0.29, 0.717) is 0 Å². The van der Waals surface area contributed by atoms with Crippen molar-refractivity contribution in [1.29, 1.82) is 0 Å². The molecule has 4 aromatic rings. The van der Waals surface area contributed by atoms with Crippen LogP contribution in [-0.4, -0.2) is 30.3 Å². The summed E-state index contributed by atoms with van der Waals surface area (Å²) in [7, 11) is 0. The van der Waals surface area contributed by atoms with Crippen molar-refractivity contribution in [3.05, 3.63) is 129 Å². The van der Waals surface area contributed by atoms with Gasteiger partial charge in [0.25, 0.3) is 5.91 Å². The Morgan fingerprint density at radius 2 is 1.24 bits per heavy atom. The van der Waals surface area contributed by atoms with Crippen LogP contribution in [0.3, 0.4) is 0 Å². The van der Waals surface area contributed by atoms with Gasteiger partial charge in [0.1, 0.15) is 0 Å². The molecular formula is C33H22Cl2N2O5. The highest BCUT2D eigenvalue weighted by atomic mass is 35.5. The predicted molar refractivity (Wildman–Crippen MR) is 158 cm³/mol. The Morgan fingerprint density at radius 1 is 0.714 bits per heavy atom. The van der Waals surface area contributed by atoms with Crippen LogP contribution in [0, 0.1) is 11.8 Å². The SMILES string of the molecule is O=C(COC(=O)c1ccccc1N1C(=O)[C@@H]2C3c4ccccc4C(c4ccccc43)[C@@H]2C1=O)Nc1cccc(Cl)c1Cl. The summed E-state index contributed by atoms with van der Waals surface area (Å²) in [4.78, 5) is 55.1. The maximum atomic E-state index is 14.1. The van der Waals surface area contributed by atoms with Gasteiger partial charge in [-0.3, -0.25) is 14.4 Å². The van der Waals surface area contributed by atoms with Crippen LogP contribution in [0.4, 0.5) is 11.4 Å². The second-order valence-corrected chi connectivity index (χ2v) is 11.3. The molecule has 0 spiro atoms. The molecule has 0 aromatic heterocycles. The van der Waals surface area contributed by atoms with E-state index in [9.17, 15) is 19.2 Å². The fourth-order valence-corrected chi connectivity index (χ4v) is 7.10. The molecule has 9 heteroatoms. The van der Waals surface area contributed by atoms with Crippen LogP contribution in [0.15, 0.2) is 91.0 Å². The van der Waals surface area contributed by atoms with Crippen LogP contribution in [0.5, 0.6) is 0 Å². The number of hydrogen-bond acceptors (Lipinski definition) is 5. The first-order chi connectivity index (χ1) is 20.4. The molecule has 7 nitrogen and oxygen atoms in total. The number of hydrogen-bond donors (Lipinski definition) is 1. The Hall–Kier alpha value is -4.46. The molecule has 3 amide bonds. The number of halogens is 2. The number of carbonyl (C=O) groups excluding carboxylic acids is 4. The highest BCUT2D eigenvalue weighted by molar-refractivity contribution is 6.44. The third kappa shape index (κ3) is 3.95. The Kier molecular flexibility index (Phi) is 6.37. The molecule has 0 saturated carbocycles. The molecule has 1 aliphatic heterocycles. The van der Waals surface area contributed by atoms with Crippen LogP contribution in [0.25, 0.3) is 0 Å². The Bertz CT molecular complexity index is 1710. The van der Waals surface area contributed by atoms with Gasteiger partial charge < -0.3 is 10.1 Å². The van der Waals surface area contributed by atoms with Gasteiger partial charge in [-0.25, -0.2) is 9.69 Å². The summed E-state index contributed by atoms with van der Waals surface area (Å²) in [6, 6.07) is 27.0. The highest BCUT2D eigenvalue weighted by Crippen LogP contribution is 2.61. The molecule has 3 aliphatic carbocycles. The lowest BCUT2D eigenvalue weighted by atomic mass is 9.55. The Morgan fingerprint density at radius 3 is 1.81 bits per heavy atom. The van der Waals surface area contributed by atoms with Gasteiger partial charge in [-0.2, -0.15) is 0 Å². The van der Waals surface area contributed by atoms with E-state index < -0.39 is 30.3 Å². The van der Waals surface area contributed by atoms with Crippen molar-refractivity contribution in [1.82, 2.24) is 0 Å². The minimum absolute atomic E-state index is 0.00816. The summed E-state index contributed by atoms with van der Waals surface area (Å²) in [6.45, 7) is -0.613. The van der Waals surface area contributed by atoms with Crippen LogP contribution in [0.2, 0.25) is 10.0 Å². The number of benzene rings is 4. The van der Waals surface area contributed by atoms with Crippen molar-refractivity contribution in [2.75, 3.05) is 16.8 Å². The van der Waals surface area contributed by atoms with Gasteiger partial charge in [0, 0.05) is 11.8 Å². The van der Waals surface area contributed by atoms with Crippen LogP contribution < -0.4 is 10.2 Å². The molecular weight excluding hydrogens is 575 g/mol. The van der Waals surface area contributed by atoms with Gasteiger partial charge in [-0.05, 0) is 46.5 Å².